The average Bonchev–Trinajstić information content (AvgIpc) is 3.19. The van der Waals surface area contributed by atoms with Gasteiger partial charge in [0.15, 0.2) is 18.1 Å². The summed E-state index contributed by atoms with van der Waals surface area (Å²) in [4.78, 5) is 19.7. The summed E-state index contributed by atoms with van der Waals surface area (Å²) >= 11 is 12.2. The Morgan fingerprint density at radius 2 is 2.06 bits per heavy atom. The van der Waals surface area contributed by atoms with Crippen LogP contribution in [0.2, 0.25) is 10.0 Å². The average molecular weight is 472 g/mol. The molecule has 160 valence electrons. The van der Waals surface area contributed by atoms with E-state index in [9.17, 15) is 9.18 Å². The number of nitrogens with zero attached hydrogens (tertiary/aromatic N) is 4. The zero-order valence-electron chi connectivity index (χ0n) is 16.0. The third-order valence-electron chi connectivity index (χ3n) is 4.48. The second-order valence-electron chi connectivity index (χ2n) is 6.45. The molecule has 32 heavy (non-hydrogen) atoms. The lowest BCUT2D eigenvalue weighted by atomic mass is 10.1. The summed E-state index contributed by atoms with van der Waals surface area (Å²) in [5.41, 5.74) is 1.45. The Kier molecular flexibility index (Phi) is 5.81. The fourth-order valence-electron chi connectivity index (χ4n) is 3.06. The number of anilines is 2. The molecule has 0 bridgehead atoms. The van der Waals surface area contributed by atoms with E-state index in [1.165, 1.54) is 30.6 Å². The number of aromatic carboxylic acids is 1. The van der Waals surface area contributed by atoms with Gasteiger partial charge in [-0.1, -0.05) is 23.2 Å². The Morgan fingerprint density at radius 3 is 2.78 bits per heavy atom. The van der Waals surface area contributed by atoms with E-state index in [1.807, 2.05) is 0 Å². The van der Waals surface area contributed by atoms with Crippen LogP contribution in [0.4, 0.5) is 15.9 Å². The summed E-state index contributed by atoms with van der Waals surface area (Å²) in [5.74, 6) is -1.33. The molecule has 0 aliphatic rings. The molecule has 0 aliphatic carbocycles. The highest BCUT2D eigenvalue weighted by Crippen LogP contribution is 2.34. The van der Waals surface area contributed by atoms with E-state index >= 15 is 0 Å². The number of nitrogens with one attached hydrogen (secondary N) is 1. The minimum absolute atomic E-state index is 0.0268. The van der Waals surface area contributed by atoms with Gasteiger partial charge in [0.2, 0.25) is 0 Å². The van der Waals surface area contributed by atoms with Gasteiger partial charge in [-0.25, -0.2) is 19.2 Å². The first kappa shape index (κ1) is 21.4. The van der Waals surface area contributed by atoms with Crippen molar-refractivity contribution in [3.8, 4) is 23.1 Å². The summed E-state index contributed by atoms with van der Waals surface area (Å²) in [7, 11) is 0. The molecule has 2 N–H and O–H groups in total. The molecule has 0 radical (unpaired) electrons. The van der Waals surface area contributed by atoms with Gasteiger partial charge in [-0.3, -0.25) is 4.40 Å². The van der Waals surface area contributed by atoms with Crippen LogP contribution in [-0.2, 0) is 0 Å². The van der Waals surface area contributed by atoms with E-state index < -0.39 is 11.8 Å². The number of rotatable bonds is 6. The molecule has 0 amide bonds. The van der Waals surface area contributed by atoms with Crippen molar-refractivity contribution >= 4 is 46.3 Å². The summed E-state index contributed by atoms with van der Waals surface area (Å²) in [6.45, 7) is -0.258. The van der Waals surface area contributed by atoms with Crippen LogP contribution >= 0.6 is 23.2 Å². The number of carboxylic acid groups (broad SMARTS) is 1. The highest BCUT2D eigenvalue weighted by Gasteiger charge is 2.17. The monoisotopic (exact) mass is 471 g/mol. The van der Waals surface area contributed by atoms with Crippen molar-refractivity contribution in [3.63, 3.8) is 0 Å². The zero-order valence-corrected chi connectivity index (χ0v) is 17.5. The van der Waals surface area contributed by atoms with Gasteiger partial charge in [0.05, 0.1) is 27.5 Å². The van der Waals surface area contributed by atoms with Crippen LogP contribution in [0.5, 0.6) is 5.75 Å². The summed E-state index contributed by atoms with van der Waals surface area (Å²) in [5, 5.41) is 21.0. The molecular formula is C21H12Cl2FN5O3. The first-order valence-electron chi connectivity index (χ1n) is 9.00. The van der Waals surface area contributed by atoms with E-state index in [0.717, 1.165) is 6.07 Å². The number of hydrogen-bond acceptors (Lipinski definition) is 6. The van der Waals surface area contributed by atoms with Crippen molar-refractivity contribution in [2.45, 2.75) is 0 Å². The standard InChI is InChI=1S/C21H12Cl2FN5O3/c22-14-7-11(1-2-12(14)21(30)31)28-19-20-27-10-17(29(20)5-4-26-19)13-8-15(23)18(9-16(13)24)32-6-3-25/h1-2,4-5,7-10H,6H2,(H,26,28)(H,30,31). The van der Waals surface area contributed by atoms with Gasteiger partial charge in [-0.15, -0.1) is 0 Å². The molecule has 0 saturated carbocycles. The van der Waals surface area contributed by atoms with Crippen molar-refractivity contribution < 1.29 is 19.0 Å². The van der Waals surface area contributed by atoms with E-state index in [1.54, 1.807) is 22.7 Å². The number of hydrogen-bond donors (Lipinski definition) is 2. The van der Waals surface area contributed by atoms with Gasteiger partial charge in [-0.2, -0.15) is 5.26 Å². The van der Waals surface area contributed by atoms with Crippen LogP contribution in [0.3, 0.4) is 0 Å². The molecule has 8 nitrogen and oxygen atoms in total. The van der Waals surface area contributed by atoms with Crippen LogP contribution in [0, 0.1) is 17.1 Å². The number of fused-ring (bicyclic) bond motifs is 1. The van der Waals surface area contributed by atoms with Gasteiger partial charge in [0, 0.05) is 29.7 Å². The van der Waals surface area contributed by atoms with E-state index in [4.69, 9.17) is 38.3 Å². The summed E-state index contributed by atoms with van der Waals surface area (Å²) in [6.07, 6.45) is 4.57. The van der Waals surface area contributed by atoms with Crippen molar-refractivity contribution in [1.82, 2.24) is 14.4 Å². The maximum Gasteiger partial charge on any atom is 0.337 e. The molecule has 0 aliphatic heterocycles. The summed E-state index contributed by atoms with van der Waals surface area (Å²) < 4.78 is 21.5. The van der Waals surface area contributed by atoms with Gasteiger partial charge in [0.25, 0.3) is 0 Å². The molecule has 0 spiro atoms. The minimum Gasteiger partial charge on any atom is -0.478 e. The normalized spacial score (nSPS) is 10.7. The topological polar surface area (TPSA) is 113 Å². The van der Waals surface area contributed by atoms with Crippen LogP contribution in [-0.4, -0.2) is 32.1 Å². The van der Waals surface area contributed by atoms with Crippen LogP contribution in [0.25, 0.3) is 16.9 Å². The fourth-order valence-corrected chi connectivity index (χ4v) is 3.53. The lowest BCUT2D eigenvalue weighted by Crippen LogP contribution is -2.01. The van der Waals surface area contributed by atoms with E-state index in [0.29, 0.717) is 22.8 Å². The third kappa shape index (κ3) is 4.01. The second kappa shape index (κ2) is 8.70. The number of benzene rings is 2. The molecule has 0 fully saturated rings. The second-order valence-corrected chi connectivity index (χ2v) is 7.26. The molecule has 2 aromatic carbocycles. The van der Waals surface area contributed by atoms with Crippen LogP contribution < -0.4 is 10.1 Å². The molecule has 11 heteroatoms. The Morgan fingerprint density at radius 1 is 1.25 bits per heavy atom. The van der Waals surface area contributed by atoms with Gasteiger partial charge >= 0.3 is 5.97 Å². The smallest absolute Gasteiger partial charge is 0.337 e. The number of carbonyl (C=O) groups is 1. The highest BCUT2D eigenvalue weighted by atomic mass is 35.5. The van der Waals surface area contributed by atoms with Crippen LogP contribution in [0.15, 0.2) is 48.9 Å². The van der Waals surface area contributed by atoms with Gasteiger partial charge in [0.1, 0.15) is 17.6 Å². The maximum absolute atomic E-state index is 14.8. The highest BCUT2D eigenvalue weighted by molar-refractivity contribution is 6.33. The van der Waals surface area contributed by atoms with E-state index in [2.05, 4.69) is 15.3 Å². The fraction of sp³-hybridized carbons (Fsp3) is 0.0476. The first-order chi connectivity index (χ1) is 15.4. The Labute approximate surface area is 190 Å². The lowest BCUT2D eigenvalue weighted by Gasteiger charge is -2.10. The Bertz CT molecular complexity index is 1400. The summed E-state index contributed by atoms with van der Waals surface area (Å²) in [6, 6.07) is 8.68. The number of carboxylic acids is 1. The first-order valence-corrected chi connectivity index (χ1v) is 9.75. The molecule has 4 aromatic rings. The molecule has 4 rings (SSSR count). The van der Waals surface area contributed by atoms with Crippen molar-refractivity contribution in [2.24, 2.45) is 0 Å². The quantitative estimate of drug-likeness (QED) is 0.397. The third-order valence-corrected chi connectivity index (χ3v) is 5.09. The SMILES string of the molecule is N#CCOc1cc(F)c(-c2cnc3c(Nc4ccc(C(=O)O)c(Cl)c4)nccn23)cc1Cl. The number of aromatic nitrogens is 3. The lowest BCUT2D eigenvalue weighted by molar-refractivity contribution is 0.0697. The van der Waals surface area contributed by atoms with Gasteiger partial charge in [-0.05, 0) is 24.3 Å². The Hall–Kier alpha value is -3.87. The molecule has 0 atom stereocenters. The number of halogens is 3. The predicted molar refractivity (Wildman–Crippen MR) is 116 cm³/mol. The molecule has 0 unspecified atom stereocenters. The number of imidazole rings is 1. The molecule has 0 saturated heterocycles. The minimum atomic E-state index is -1.13. The van der Waals surface area contributed by atoms with Gasteiger partial charge < -0.3 is 15.2 Å². The van der Waals surface area contributed by atoms with Crippen molar-refractivity contribution in [1.29, 1.82) is 5.26 Å². The molecule has 2 heterocycles. The molecular weight excluding hydrogens is 460 g/mol. The molecule has 2 aromatic heterocycles. The zero-order chi connectivity index (χ0) is 22.8. The van der Waals surface area contributed by atoms with Crippen molar-refractivity contribution in [3.05, 3.63) is 70.3 Å². The largest absolute Gasteiger partial charge is 0.478 e. The van der Waals surface area contributed by atoms with E-state index in [-0.39, 0.29) is 33.5 Å². The maximum atomic E-state index is 14.8. The van der Waals surface area contributed by atoms with Crippen LogP contribution in [0.1, 0.15) is 10.4 Å². The number of ether oxygens (including phenoxy) is 1. The van der Waals surface area contributed by atoms with Crippen molar-refractivity contribution in [2.75, 3.05) is 11.9 Å². The predicted octanol–water partition coefficient (Wildman–Crippen LogP) is 5.19. The number of nitriles is 1. The Balaban J connectivity index is 1.72.